The first-order valence-corrected chi connectivity index (χ1v) is 11.8. The lowest BCUT2D eigenvalue weighted by atomic mass is 9.96. The smallest absolute Gasteiger partial charge is 0.264 e. The van der Waals surface area contributed by atoms with Gasteiger partial charge in [0.25, 0.3) is 15.9 Å². The summed E-state index contributed by atoms with van der Waals surface area (Å²) in [6.07, 6.45) is 8.03. The van der Waals surface area contributed by atoms with E-state index in [1.54, 1.807) is 48.5 Å². The number of nitrogens with one attached hydrogen (secondary N) is 1. The molecule has 29 heavy (non-hydrogen) atoms. The molecule has 0 atom stereocenters. The average Bonchev–Trinajstić information content (AvgIpc) is 2.69. The molecule has 0 heterocycles. The van der Waals surface area contributed by atoms with Crippen molar-refractivity contribution in [1.82, 2.24) is 5.32 Å². The SMILES string of the molecule is Cc1ccc(S(=O)(=O)N(C)c2cccc(C(=O)NC3CCCCCCC3)c2)cc1. The minimum Gasteiger partial charge on any atom is -0.349 e. The lowest BCUT2D eigenvalue weighted by Gasteiger charge is -2.22. The van der Waals surface area contributed by atoms with E-state index in [1.807, 2.05) is 6.92 Å². The summed E-state index contributed by atoms with van der Waals surface area (Å²) < 4.78 is 27.1. The zero-order valence-corrected chi connectivity index (χ0v) is 18.0. The van der Waals surface area contributed by atoms with Crippen molar-refractivity contribution >= 4 is 21.6 Å². The number of rotatable bonds is 5. The monoisotopic (exact) mass is 414 g/mol. The number of hydrogen-bond donors (Lipinski definition) is 1. The van der Waals surface area contributed by atoms with Gasteiger partial charge < -0.3 is 5.32 Å². The largest absolute Gasteiger partial charge is 0.349 e. The van der Waals surface area contributed by atoms with Crippen LogP contribution in [0.25, 0.3) is 0 Å². The average molecular weight is 415 g/mol. The van der Waals surface area contributed by atoms with Crippen LogP contribution in [0.15, 0.2) is 53.4 Å². The molecule has 0 aromatic heterocycles. The van der Waals surface area contributed by atoms with Gasteiger partial charge in [0.05, 0.1) is 10.6 Å². The second-order valence-electron chi connectivity index (χ2n) is 7.85. The fraction of sp³-hybridized carbons (Fsp3) is 0.435. The third-order valence-electron chi connectivity index (χ3n) is 5.59. The first-order valence-electron chi connectivity index (χ1n) is 10.3. The summed E-state index contributed by atoms with van der Waals surface area (Å²) >= 11 is 0. The van der Waals surface area contributed by atoms with Crippen LogP contribution in [0.2, 0.25) is 0 Å². The minimum atomic E-state index is -3.69. The number of carbonyl (C=O) groups excluding carboxylic acids is 1. The van der Waals surface area contributed by atoms with E-state index in [0.717, 1.165) is 31.2 Å². The molecule has 0 spiro atoms. The van der Waals surface area contributed by atoms with Crippen LogP contribution in [0.5, 0.6) is 0 Å². The van der Waals surface area contributed by atoms with Crippen LogP contribution >= 0.6 is 0 Å². The van der Waals surface area contributed by atoms with Crippen LogP contribution in [0.4, 0.5) is 5.69 Å². The number of sulfonamides is 1. The third-order valence-corrected chi connectivity index (χ3v) is 7.39. The van der Waals surface area contributed by atoms with Gasteiger partial charge in [-0.05, 0) is 50.1 Å². The predicted molar refractivity (Wildman–Crippen MR) is 117 cm³/mol. The van der Waals surface area contributed by atoms with Crippen LogP contribution in [0.1, 0.15) is 60.9 Å². The standard InChI is InChI=1S/C23H30N2O3S/c1-18-13-15-22(16-14-18)29(27,28)25(2)21-12-8-9-19(17-21)23(26)24-20-10-6-4-3-5-7-11-20/h8-9,12-17,20H,3-7,10-11H2,1-2H3,(H,24,26). The van der Waals surface area contributed by atoms with Crippen molar-refractivity contribution in [3.05, 3.63) is 59.7 Å². The molecule has 5 nitrogen and oxygen atoms in total. The Morgan fingerprint density at radius 2 is 1.59 bits per heavy atom. The highest BCUT2D eigenvalue weighted by Crippen LogP contribution is 2.24. The summed E-state index contributed by atoms with van der Waals surface area (Å²) in [5.41, 5.74) is 1.95. The Bertz CT molecular complexity index is 931. The van der Waals surface area contributed by atoms with Crippen molar-refractivity contribution in [3.8, 4) is 0 Å². The fourth-order valence-corrected chi connectivity index (χ4v) is 4.91. The molecule has 1 aliphatic rings. The molecular formula is C23H30N2O3S. The highest BCUT2D eigenvalue weighted by molar-refractivity contribution is 7.92. The Morgan fingerprint density at radius 1 is 0.966 bits per heavy atom. The topological polar surface area (TPSA) is 66.5 Å². The van der Waals surface area contributed by atoms with Crippen LogP contribution in [-0.2, 0) is 10.0 Å². The second-order valence-corrected chi connectivity index (χ2v) is 9.82. The fourth-order valence-electron chi connectivity index (χ4n) is 3.72. The number of aryl methyl sites for hydroxylation is 1. The van der Waals surface area contributed by atoms with Gasteiger partial charge in [-0.15, -0.1) is 0 Å². The third kappa shape index (κ3) is 5.38. The van der Waals surface area contributed by atoms with Crippen molar-refractivity contribution in [2.75, 3.05) is 11.4 Å². The number of nitrogens with zero attached hydrogens (tertiary/aromatic N) is 1. The molecule has 3 rings (SSSR count). The molecule has 1 amide bonds. The van der Waals surface area contributed by atoms with E-state index in [2.05, 4.69) is 5.32 Å². The Labute approximate surface area is 174 Å². The van der Waals surface area contributed by atoms with E-state index < -0.39 is 10.0 Å². The molecule has 1 N–H and O–H groups in total. The molecular weight excluding hydrogens is 384 g/mol. The molecule has 156 valence electrons. The molecule has 0 bridgehead atoms. The van der Waals surface area contributed by atoms with Crippen molar-refractivity contribution in [3.63, 3.8) is 0 Å². The number of benzene rings is 2. The number of carbonyl (C=O) groups is 1. The van der Waals surface area contributed by atoms with Gasteiger partial charge in [-0.2, -0.15) is 0 Å². The Balaban J connectivity index is 1.75. The molecule has 0 unspecified atom stereocenters. The van der Waals surface area contributed by atoms with E-state index in [1.165, 1.54) is 30.6 Å². The lowest BCUT2D eigenvalue weighted by molar-refractivity contribution is 0.0930. The summed E-state index contributed by atoms with van der Waals surface area (Å²) in [5.74, 6) is -0.140. The Kier molecular flexibility index (Phi) is 6.96. The normalized spacial score (nSPS) is 15.9. The quantitative estimate of drug-likeness (QED) is 0.774. The maximum absolute atomic E-state index is 12.9. The molecule has 2 aromatic carbocycles. The van der Waals surface area contributed by atoms with Gasteiger partial charge in [0.2, 0.25) is 0 Å². The van der Waals surface area contributed by atoms with E-state index in [4.69, 9.17) is 0 Å². The van der Waals surface area contributed by atoms with Crippen LogP contribution in [0, 0.1) is 6.92 Å². The number of amides is 1. The van der Waals surface area contributed by atoms with E-state index >= 15 is 0 Å². The molecule has 0 saturated heterocycles. The van der Waals surface area contributed by atoms with Crippen molar-refractivity contribution < 1.29 is 13.2 Å². The van der Waals surface area contributed by atoms with Gasteiger partial charge in [-0.1, -0.05) is 55.9 Å². The summed E-state index contributed by atoms with van der Waals surface area (Å²) in [6, 6.07) is 13.8. The van der Waals surface area contributed by atoms with Gasteiger partial charge in [-0.3, -0.25) is 9.10 Å². The zero-order valence-electron chi connectivity index (χ0n) is 17.2. The van der Waals surface area contributed by atoms with Crippen LogP contribution < -0.4 is 9.62 Å². The van der Waals surface area contributed by atoms with E-state index in [0.29, 0.717) is 11.3 Å². The lowest BCUT2D eigenvalue weighted by Crippen LogP contribution is -2.35. The molecule has 1 fully saturated rings. The predicted octanol–water partition coefficient (Wildman–Crippen LogP) is 4.66. The van der Waals surface area contributed by atoms with Gasteiger partial charge in [0.15, 0.2) is 0 Å². The van der Waals surface area contributed by atoms with Crippen molar-refractivity contribution in [2.24, 2.45) is 0 Å². The number of anilines is 1. The summed E-state index contributed by atoms with van der Waals surface area (Å²) in [6.45, 7) is 1.91. The highest BCUT2D eigenvalue weighted by Gasteiger charge is 2.22. The molecule has 0 radical (unpaired) electrons. The summed E-state index contributed by atoms with van der Waals surface area (Å²) in [5, 5.41) is 3.14. The molecule has 6 heteroatoms. The summed E-state index contributed by atoms with van der Waals surface area (Å²) in [7, 11) is -2.17. The Morgan fingerprint density at radius 3 is 2.24 bits per heavy atom. The molecule has 0 aliphatic heterocycles. The number of hydrogen-bond acceptors (Lipinski definition) is 3. The van der Waals surface area contributed by atoms with E-state index in [-0.39, 0.29) is 16.8 Å². The first-order chi connectivity index (χ1) is 13.9. The maximum Gasteiger partial charge on any atom is 0.264 e. The molecule has 1 saturated carbocycles. The van der Waals surface area contributed by atoms with Gasteiger partial charge in [-0.25, -0.2) is 8.42 Å². The summed E-state index contributed by atoms with van der Waals surface area (Å²) in [4.78, 5) is 13.0. The first kappa shape index (κ1) is 21.4. The van der Waals surface area contributed by atoms with Crippen LogP contribution in [-0.4, -0.2) is 27.4 Å². The van der Waals surface area contributed by atoms with Gasteiger partial charge in [0.1, 0.15) is 0 Å². The Hall–Kier alpha value is -2.34. The zero-order chi connectivity index (χ0) is 20.9. The van der Waals surface area contributed by atoms with Crippen molar-refractivity contribution in [2.45, 2.75) is 62.8 Å². The van der Waals surface area contributed by atoms with E-state index in [9.17, 15) is 13.2 Å². The highest BCUT2D eigenvalue weighted by atomic mass is 32.2. The van der Waals surface area contributed by atoms with Gasteiger partial charge >= 0.3 is 0 Å². The second kappa shape index (κ2) is 9.44. The van der Waals surface area contributed by atoms with Crippen LogP contribution in [0.3, 0.4) is 0 Å². The minimum absolute atomic E-state index is 0.140. The maximum atomic E-state index is 12.9. The van der Waals surface area contributed by atoms with Gasteiger partial charge in [0, 0.05) is 18.7 Å². The molecule has 2 aromatic rings. The van der Waals surface area contributed by atoms with Crippen molar-refractivity contribution in [1.29, 1.82) is 0 Å². The molecule has 1 aliphatic carbocycles.